The van der Waals surface area contributed by atoms with Crippen LogP contribution in [0.3, 0.4) is 0 Å². The number of hydrogen-bond acceptors (Lipinski definition) is 1. The number of rotatable bonds is 8. The Morgan fingerprint density at radius 2 is 0.549 bits per heavy atom. The predicted octanol–water partition coefficient (Wildman–Crippen LogP) is 19.8. The van der Waals surface area contributed by atoms with Crippen LogP contribution in [0.25, 0.3) is 121 Å². The predicted molar refractivity (Wildman–Crippen MR) is 303 cm³/mol. The first-order valence-electron chi connectivity index (χ1n) is 24.6. The van der Waals surface area contributed by atoms with Crippen LogP contribution < -0.4 is 4.90 Å². The summed E-state index contributed by atoms with van der Waals surface area (Å²) in [5.74, 6) is 0. The van der Waals surface area contributed by atoms with Gasteiger partial charge in [0.1, 0.15) is 0 Å². The van der Waals surface area contributed by atoms with Crippen molar-refractivity contribution in [2.24, 2.45) is 0 Å². The summed E-state index contributed by atoms with van der Waals surface area (Å²) in [4.78, 5) is 2.36. The zero-order valence-electron chi connectivity index (χ0n) is 38.9. The number of hydrogen-bond donors (Lipinski definition) is 0. The summed E-state index contributed by atoms with van der Waals surface area (Å²) in [5, 5.41) is 10.1. The van der Waals surface area contributed by atoms with Crippen LogP contribution in [-0.2, 0) is 0 Å². The van der Waals surface area contributed by atoms with Crippen LogP contribution >= 0.6 is 0 Å². The van der Waals surface area contributed by atoms with E-state index in [0.29, 0.717) is 0 Å². The molecule has 13 aromatic carbocycles. The molecular weight excluding hydrogens is 855 g/mol. The molecule has 1 aliphatic carbocycles. The van der Waals surface area contributed by atoms with E-state index in [1.807, 2.05) is 0 Å². The average molecular weight is 900 g/mol. The highest BCUT2D eigenvalue weighted by Gasteiger charge is 2.30. The van der Waals surface area contributed by atoms with Crippen molar-refractivity contribution in [1.29, 1.82) is 0 Å². The number of nitrogens with zero attached hydrogens (tertiary/aromatic N) is 1. The second kappa shape index (κ2) is 16.7. The molecule has 330 valence electrons. The summed E-state index contributed by atoms with van der Waals surface area (Å²) in [5.41, 5.74) is 20.9. The zero-order valence-corrected chi connectivity index (χ0v) is 38.9. The van der Waals surface area contributed by atoms with Crippen molar-refractivity contribution in [3.63, 3.8) is 0 Å². The molecule has 1 nitrogen and oxygen atoms in total. The van der Waals surface area contributed by atoms with Gasteiger partial charge in [0.15, 0.2) is 0 Å². The normalized spacial score (nSPS) is 11.7. The number of fused-ring (bicyclic) bond motifs is 6. The molecule has 0 N–H and O–H groups in total. The Bertz CT molecular complexity index is 4100. The molecule has 0 atom stereocenters. The molecule has 0 fully saturated rings. The molecule has 0 aromatic heterocycles. The second-order valence-corrected chi connectivity index (χ2v) is 18.7. The molecule has 0 amide bonds. The Balaban J connectivity index is 0.898. The third-order valence-electron chi connectivity index (χ3n) is 14.8. The molecule has 0 unspecified atom stereocenters. The van der Waals surface area contributed by atoms with E-state index in [9.17, 15) is 0 Å². The lowest BCUT2D eigenvalue weighted by atomic mass is 9.82. The van der Waals surface area contributed by atoms with Crippen LogP contribution in [0.15, 0.2) is 273 Å². The molecule has 0 radical (unpaired) electrons. The van der Waals surface area contributed by atoms with Gasteiger partial charge in [-0.1, -0.05) is 231 Å². The molecule has 0 heterocycles. The lowest BCUT2D eigenvalue weighted by Crippen LogP contribution is -2.09. The molecule has 1 heteroatoms. The van der Waals surface area contributed by atoms with Crippen molar-refractivity contribution in [3.8, 4) is 77.9 Å². The molecule has 71 heavy (non-hydrogen) atoms. The summed E-state index contributed by atoms with van der Waals surface area (Å²) in [6.07, 6.45) is 0. The van der Waals surface area contributed by atoms with E-state index >= 15 is 0 Å². The van der Waals surface area contributed by atoms with Crippen molar-refractivity contribution in [2.75, 3.05) is 4.90 Å². The van der Waals surface area contributed by atoms with Crippen LogP contribution in [0.5, 0.6) is 0 Å². The lowest BCUT2D eigenvalue weighted by Gasteiger charge is -2.26. The van der Waals surface area contributed by atoms with E-state index in [2.05, 4.69) is 278 Å². The van der Waals surface area contributed by atoms with E-state index < -0.39 is 0 Å². The summed E-state index contributed by atoms with van der Waals surface area (Å²) >= 11 is 0. The maximum atomic E-state index is 2.44. The first kappa shape index (κ1) is 40.7. The molecule has 13 aromatic rings. The summed E-state index contributed by atoms with van der Waals surface area (Å²) < 4.78 is 0. The third-order valence-corrected chi connectivity index (χ3v) is 14.8. The minimum Gasteiger partial charge on any atom is -0.311 e. The van der Waals surface area contributed by atoms with Crippen LogP contribution in [-0.4, -0.2) is 0 Å². The van der Waals surface area contributed by atoms with Crippen LogP contribution in [0.4, 0.5) is 17.1 Å². The largest absolute Gasteiger partial charge is 0.311 e. The molecule has 1 aliphatic rings. The Labute approximate surface area is 413 Å². The summed E-state index contributed by atoms with van der Waals surface area (Å²) in [6, 6.07) is 100. The van der Waals surface area contributed by atoms with Gasteiger partial charge in [0, 0.05) is 17.1 Å². The fraction of sp³-hybridized carbons (Fsp3) is 0. The quantitative estimate of drug-likeness (QED) is 0.137. The number of benzene rings is 13. The van der Waals surface area contributed by atoms with Gasteiger partial charge < -0.3 is 4.90 Å². The van der Waals surface area contributed by atoms with Gasteiger partial charge in [-0.15, -0.1) is 0 Å². The van der Waals surface area contributed by atoms with Crippen molar-refractivity contribution in [2.45, 2.75) is 0 Å². The fourth-order valence-corrected chi connectivity index (χ4v) is 11.7. The fourth-order valence-electron chi connectivity index (χ4n) is 11.7. The van der Waals surface area contributed by atoms with Gasteiger partial charge in [-0.05, 0) is 163 Å². The van der Waals surface area contributed by atoms with Gasteiger partial charge in [-0.3, -0.25) is 0 Å². The minimum atomic E-state index is 1.09. The van der Waals surface area contributed by atoms with E-state index in [4.69, 9.17) is 0 Å². The molecule has 0 spiro atoms. The van der Waals surface area contributed by atoms with Crippen LogP contribution in [0, 0.1) is 0 Å². The molecule has 0 saturated carbocycles. The topological polar surface area (TPSA) is 3.24 Å². The van der Waals surface area contributed by atoms with E-state index in [1.165, 1.54) is 121 Å². The highest BCUT2D eigenvalue weighted by atomic mass is 15.1. The van der Waals surface area contributed by atoms with Crippen molar-refractivity contribution in [3.05, 3.63) is 273 Å². The summed E-state index contributed by atoms with van der Waals surface area (Å²) in [7, 11) is 0. The monoisotopic (exact) mass is 899 g/mol. The minimum absolute atomic E-state index is 1.09. The highest BCUT2D eigenvalue weighted by molar-refractivity contribution is 6.28. The Morgan fingerprint density at radius 3 is 1.03 bits per heavy atom. The first-order valence-corrected chi connectivity index (χ1v) is 24.6. The lowest BCUT2D eigenvalue weighted by molar-refractivity contribution is 1.28. The summed E-state index contributed by atoms with van der Waals surface area (Å²) in [6.45, 7) is 0. The van der Waals surface area contributed by atoms with Gasteiger partial charge in [-0.25, -0.2) is 0 Å². The van der Waals surface area contributed by atoms with Gasteiger partial charge in [0.2, 0.25) is 0 Å². The Morgan fingerprint density at radius 1 is 0.197 bits per heavy atom. The smallest absolute Gasteiger partial charge is 0.0462 e. The molecule has 0 aliphatic heterocycles. The van der Waals surface area contributed by atoms with Crippen LogP contribution in [0.2, 0.25) is 0 Å². The molecular formula is C70H45N. The average Bonchev–Trinajstić information content (AvgIpc) is 3.77. The zero-order chi connectivity index (χ0) is 46.8. The second-order valence-electron chi connectivity index (χ2n) is 18.7. The van der Waals surface area contributed by atoms with E-state index in [-0.39, 0.29) is 0 Å². The standard InChI is InChI=1S/C70H45N/c1-5-19-47(20-6-1)64-56-29-13-15-31-58(56)65(59-32-16-14-30-57(59)64)51-37-42-55(43-38-51)71(53-27-11-4-12-28-53)54-40-35-46(36-41-54)52-39-44-60-63(45-52)68(50-23-9-3-10-24-50)70-62-34-18-26-48-25-17-33-61(66(48)62)69(70)67(60)49-21-7-2-8-22-49/h1-45H. The van der Waals surface area contributed by atoms with Crippen molar-refractivity contribution in [1.82, 2.24) is 0 Å². The Hall–Kier alpha value is -9.30. The van der Waals surface area contributed by atoms with Gasteiger partial charge in [0.25, 0.3) is 0 Å². The van der Waals surface area contributed by atoms with E-state index in [0.717, 1.165) is 17.1 Å². The first-order chi connectivity index (χ1) is 35.3. The number of anilines is 3. The third kappa shape index (κ3) is 6.62. The molecule has 0 bridgehead atoms. The van der Waals surface area contributed by atoms with Crippen molar-refractivity contribution >= 4 is 60.2 Å². The maximum absolute atomic E-state index is 2.44. The van der Waals surface area contributed by atoms with Crippen molar-refractivity contribution < 1.29 is 0 Å². The molecule has 0 saturated heterocycles. The van der Waals surface area contributed by atoms with Gasteiger partial charge in [-0.2, -0.15) is 0 Å². The Kier molecular flexibility index (Phi) is 9.60. The molecule has 14 rings (SSSR count). The SMILES string of the molecule is c1ccc(-c2c3c(c(-c4ccccc4)c4cc(-c5ccc(N(c6ccccc6)c6ccc(-c7c8ccccc8c(-c8ccccc8)c8ccccc78)cc6)cc5)ccc24)-c2cccc4cccc-3c24)cc1. The van der Waals surface area contributed by atoms with Gasteiger partial charge in [0.05, 0.1) is 0 Å². The highest BCUT2D eigenvalue weighted by Crippen LogP contribution is 2.58. The van der Waals surface area contributed by atoms with Crippen LogP contribution in [0.1, 0.15) is 0 Å². The number of para-hydroxylation sites is 1. The maximum Gasteiger partial charge on any atom is 0.0462 e. The van der Waals surface area contributed by atoms with Gasteiger partial charge >= 0.3 is 0 Å². The van der Waals surface area contributed by atoms with E-state index in [1.54, 1.807) is 0 Å².